The summed E-state index contributed by atoms with van der Waals surface area (Å²) in [6.45, 7) is 0.753. The van der Waals surface area contributed by atoms with Crippen molar-refractivity contribution in [2.45, 2.75) is 12.6 Å². The van der Waals surface area contributed by atoms with E-state index in [0.29, 0.717) is 32.7 Å². The largest absolute Gasteiger partial charge is 0.484 e. The van der Waals surface area contributed by atoms with Gasteiger partial charge in [0.15, 0.2) is 6.61 Å². The normalized spacial score (nSPS) is 14.8. The smallest absolute Gasteiger partial charge is 0.422 e. The number of amides is 2. The summed E-state index contributed by atoms with van der Waals surface area (Å²) in [5.41, 5.74) is -0.869. The number of piperazine rings is 1. The van der Waals surface area contributed by atoms with Gasteiger partial charge in [-0.3, -0.25) is 24.6 Å². The van der Waals surface area contributed by atoms with Crippen molar-refractivity contribution >= 4 is 17.5 Å². The van der Waals surface area contributed by atoms with E-state index in [0.717, 1.165) is 18.2 Å². The molecule has 1 aromatic rings. The Morgan fingerprint density at radius 2 is 1.91 bits per heavy atom. The second-order valence-corrected chi connectivity index (χ2v) is 7.10. The first-order valence-corrected chi connectivity index (χ1v) is 9.86. The van der Waals surface area contributed by atoms with Crippen LogP contribution in [0.4, 0.5) is 18.9 Å². The maximum atomic E-state index is 12.8. The molecule has 2 amide bonds. The summed E-state index contributed by atoms with van der Waals surface area (Å²) < 4.78 is 46.7. The number of ether oxygens (including phenoxy) is 2. The van der Waals surface area contributed by atoms with Gasteiger partial charge in [-0.05, 0) is 18.6 Å². The number of alkyl halides is 3. The number of carbonyl (C=O) groups excluding carboxylic acids is 2. The van der Waals surface area contributed by atoms with E-state index in [2.05, 4.69) is 10.1 Å². The maximum absolute atomic E-state index is 12.8. The summed E-state index contributed by atoms with van der Waals surface area (Å²) in [4.78, 5) is 38.5. The molecule has 0 unspecified atom stereocenters. The zero-order valence-electron chi connectivity index (χ0n) is 17.5. The van der Waals surface area contributed by atoms with Crippen LogP contribution in [0.5, 0.6) is 5.75 Å². The van der Waals surface area contributed by atoms with Gasteiger partial charge in [0.1, 0.15) is 11.3 Å². The number of nitrogens with zero attached hydrogens (tertiary/aromatic N) is 3. The highest BCUT2D eigenvalue weighted by Gasteiger charge is 2.31. The number of hydrogen-bond acceptors (Lipinski definition) is 7. The third-order valence-corrected chi connectivity index (χ3v) is 4.67. The number of halogens is 3. The Bertz CT molecular complexity index is 813. The van der Waals surface area contributed by atoms with Crippen molar-refractivity contribution in [2.24, 2.45) is 0 Å². The minimum atomic E-state index is -4.58. The van der Waals surface area contributed by atoms with Gasteiger partial charge in [0, 0.05) is 52.5 Å². The number of nitro benzene ring substituents is 1. The van der Waals surface area contributed by atoms with Crippen molar-refractivity contribution in [1.82, 2.24) is 15.1 Å². The lowest BCUT2D eigenvalue weighted by Gasteiger charge is -2.34. The van der Waals surface area contributed by atoms with Gasteiger partial charge in [-0.25, -0.2) is 0 Å². The Morgan fingerprint density at radius 1 is 1.22 bits per heavy atom. The zero-order chi connectivity index (χ0) is 23.7. The summed E-state index contributed by atoms with van der Waals surface area (Å²) in [5.74, 6) is -1.14. The van der Waals surface area contributed by atoms with Crippen LogP contribution in [-0.2, 0) is 9.53 Å². The van der Waals surface area contributed by atoms with Gasteiger partial charge in [-0.2, -0.15) is 13.2 Å². The standard InChI is InChI=1S/C19H25F3N4O6/c1-31-10-2-5-23-17(27)12-24-6-8-25(9-7-24)18(28)15-11-14(32-13-19(20,21)22)3-4-16(15)26(29)30/h3-4,11H,2,5-10,12-13H2,1H3,(H,23,27). The van der Waals surface area contributed by atoms with E-state index in [1.807, 2.05) is 4.90 Å². The number of hydrogen-bond donors (Lipinski definition) is 1. The number of methoxy groups -OCH3 is 1. The molecule has 0 aromatic heterocycles. The SMILES string of the molecule is COCCCNC(=O)CN1CCN(C(=O)c2cc(OCC(F)(F)F)ccc2[N+](=O)[O-])CC1. The van der Waals surface area contributed by atoms with Crippen LogP contribution in [0.1, 0.15) is 16.8 Å². The summed E-state index contributed by atoms with van der Waals surface area (Å²) in [6, 6.07) is 2.92. The molecule has 32 heavy (non-hydrogen) atoms. The predicted octanol–water partition coefficient (Wildman–Crippen LogP) is 1.45. The minimum absolute atomic E-state index is 0.149. The van der Waals surface area contributed by atoms with Crippen LogP contribution in [0.2, 0.25) is 0 Å². The molecule has 1 saturated heterocycles. The van der Waals surface area contributed by atoms with Gasteiger partial charge < -0.3 is 19.7 Å². The molecule has 0 spiro atoms. The van der Waals surface area contributed by atoms with Gasteiger partial charge >= 0.3 is 6.18 Å². The molecule has 1 aliphatic rings. The van der Waals surface area contributed by atoms with Crippen molar-refractivity contribution in [2.75, 3.05) is 59.6 Å². The Balaban J connectivity index is 1.96. The Morgan fingerprint density at radius 3 is 2.50 bits per heavy atom. The number of rotatable bonds is 10. The summed E-state index contributed by atoms with van der Waals surface area (Å²) in [7, 11) is 1.57. The fourth-order valence-electron chi connectivity index (χ4n) is 3.08. The van der Waals surface area contributed by atoms with Gasteiger partial charge in [0.25, 0.3) is 11.6 Å². The molecule has 1 aromatic carbocycles. The molecule has 1 N–H and O–H groups in total. The van der Waals surface area contributed by atoms with E-state index in [1.165, 1.54) is 4.90 Å². The van der Waals surface area contributed by atoms with Crippen LogP contribution < -0.4 is 10.1 Å². The lowest BCUT2D eigenvalue weighted by atomic mass is 10.1. The van der Waals surface area contributed by atoms with E-state index in [1.54, 1.807) is 7.11 Å². The van der Waals surface area contributed by atoms with E-state index >= 15 is 0 Å². The van der Waals surface area contributed by atoms with Crippen molar-refractivity contribution in [1.29, 1.82) is 0 Å². The highest BCUT2D eigenvalue weighted by atomic mass is 19.4. The highest BCUT2D eigenvalue weighted by Crippen LogP contribution is 2.27. The predicted molar refractivity (Wildman–Crippen MR) is 106 cm³/mol. The molecule has 2 rings (SSSR count). The molecule has 0 aliphatic carbocycles. The summed E-state index contributed by atoms with van der Waals surface area (Å²) in [5, 5.41) is 14.1. The zero-order valence-corrected chi connectivity index (χ0v) is 17.5. The molecule has 1 fully saturated rings. The first-order valence-electron chi connectivity index (χ1n) is 9.86. The fourth-order valence-corrected chi connectivity index (χ4v) is 3.08. The highest BCUT2D eigenvalue weighted by molar-refractivity contribution is 5.98. The average molecular weight is 462 g/mol. The number of nitrogens with one attached hydrogen (secondary N) is 1. The Labute approximate surface area is 182 Å². The number of carbonyl (C=O) groups is 2. The third kappa shape index (κ3) is 7.96. The molecule has 178 valence electrons. The van der Waals surface area contributed by atoms with Crippen molar-refractivity contribution in [3.8, 4) is 5.75 Å². The van der Waals surface area contributed by atoms with Gasteiger partial charge in [-0.15, -0.1) is 0 Å². The van der Waals surface area contributed by atoms with Crippen LogP contribution in [0.25, 0.3) is 0 Å². The van der Waals surface area contributed by atoms with Crippen LogP contribution in [0.3, 0.4) is 0 Å². The number of benzene rings is 1. The van der Waals surface area contributed by atoms with Crippen molar-refractivity contribution in [3.63, 3.8) is 0 Å². The molecule has 10 nitrogen and oxygen atoms in total. The second kappa shape index (κ2) is 11.6. The van der Waals surface area contributed by atoms with Gasteiger partial charge in [0.2, 0.25) is 5.91 Å². The summed E-state index contributed by atoms with van der Waals surface area (Å²) >= 11 is 0. The average Bonchev–Trinajstić information content (AvgIpc) is 2.74. The molecule has 0 radical (unpaired) electrons. The van der Waals surface area contributed by atoms with E-state index < -0.39 is 29.3 Å². The van der Waals surface area contributed by atoms with E-state index in [4.69, 9.17) is 4.74 Å². The molecular formula is C19H25F3N4O6. The van der Waals surface area contributed by atoms with Crippen LogP contribution in [-0.4, -0.2) is 92.3 Å². The summed E-state index contributed by atoms with van der Waals surface area (Å²) in [6.07, 6.45) is -3.90. The van der Waals surface area contributed by atoms with Crippen LogP contribution in [0, 0.1) is 10.1 Å². The van der Waals surface area contributed by atoms with Gasteiger partial charge in [0.05, 0.1) is 11.5 Å². The fraction of sp³-hybridized carbons (Fsp3) is 0.579. The van der Waals surface area contributed by atoms with E-state index in [-0.39, 0.29) is 36.9 Å². The quantitative estimate of drug-likeness (QED) is 0.318. The molecule has 0 saturated carbocycles. The molecule has 1 heterocycles. The second-order valence-electron chi connectivity index (χ2n) is 7.10. The topological polar surface area (TPSA) is 114 Å². The van der Waals surface area contributed by atoms with Crippen LogP contribution >= 0.6 is 0 Å². The van der Waals surface area contributed by atoms with Gasteiger partial charge in [-0.1, -0.05) is 0 Å². The first kappa shape index (κ1) is 25.3. The minimum Gasteiger partial charge on any atom is -0.484 e. The third-order valence-electron chi connectivity index (χ3n) is 4.67. The first-order chi connectivity index (χ1) is 15.1. The molecular weight excluding hydrogens is 437 g/mol. The molecule has 1 aliphatic heterocycles. The molecule has 13 heteroatoms. The molecule has 0 bridgehead atoms. The lowest BCUT2D eigenvalue weighted by Crippen LogP contribution is -2.51. The Kier molecular flexibility index (Phi) is 9.20. The van der Waals surface area contributed by atoms with E-state index in [9.17, 15) is 32.9 Å². The monoisotopic (exact) mass is 462 g/mol. The van der Waals surface area contributed by atoms with Crippen LogP contribution in [0.15, 0.2) is 18.2 Å². The maximum Gasteiger partial charge on any atom is 0.422 e. The van der Waals surface area contributed by atoms with Crippen molar-refractivity contribution < 1.29 is 37.2 Å². The number of nitro groups is 1. The lowest BCUT2D eigenvalue weighted by molar-refractivity contribution is -0.385. The molecule has 0 atom stereocenters. The van der Waals surface area contributed by atoms with Crippen molar-refractivity contribution in [3.05, 3.63) is 33.9 Å². The Hall–Kier alpha value is -2.93.